The zero-order valence-electron chi connectivity index (χ0n) is 20.5. The standard InChI is InChI=1S/C29H34N4O2/c1-21(2)23-10-12-24(13-11-23)31-29(35)32-25-14-15-27(33-18-6-7-19-33)26(20-25)28(34)30-17-16-22-8-4-3-5-9-22/h3-5,8-15,20-21H,6-7,16-19H2,1-2H3,(H,30,34)(H2,31,32,35). The van der Waals surface area contributed by atoms with E-state index in [1.54, 1.807) is 6.07 Å². The summed E-state index contributed by atoms with van der Waals surface area (Å²) in [5.41, 5.74) is 5.20. The molecule has 1 fully saturated rings. The van der Waals surface area contributed by atoms with Crippen molar-refractivity contribution >= 4 is 29.0 Å². The Kier molecular flexibility index (Phi) is 8.03. The number of hydrogen-bond donors (Lipinski definition) is 3. The van der Waals surface area contributed by atoms with E-state index in [4.69, 9.17) is 0 Å². The molecule has 1 aliphatic heterocycles. The first-order chi connectivity index (χ1) is 17.0. The monoisotopic (exact) mass is 470 g/mol. The minimum absolute atomic E-state index is 0.129. The predicted octanol–water partition coefficient (Wildman–Crippen LogP) is 6.03. The number of carbonyl (C=O) groups excluding carboxylic acids is 2. The van der Waals surface area contributed by atoms with Crippen LogP contribution < -0.4 is 20.9 Å². The first kappa shape index (κ1) is 24.3. The second-order valence-corrected chi connectivity index (χ2v) is 9.27. The summed E-state index contributed by atoms with van der Waals surface area (Å²) in [4.78, 5) is 28.0. The molecule has 0 bridgehead atoms. The fourth-order valence-electron chi connectivity index (χ4n) is 4.33. The van der Waals surface area contributed by atoms with Gasteiger partial charge in [-0.2, -0.15) is 0 Å². The highest BCUT2D eigenvalue weighted by molar-refractivity contribution is 6.04. The van der Waals surface area contributed by atoms with Crippen LogP contribution in [0.15, 0.2) is 72.8 Å². The molecular weight excluding hydrogens is 436 g/mol. The van der Waals surface area contributed by atoms with Crippen molar-refractivity contribution in [2.24, 2.45) is 0 Å². The summed E-state index contributed by atoms with van der Waals surface area (Å²) < 4.78 is 0. The van der Waals surface area contributed by atoms with Crippen LogP contribution in [-0.4, -0.2) is 31.6 Å². The van der Waals surface area contributed by atoms with Crippen LogP contribution in [0.1, 0.15) is 54.1 Å². The lowest BCUT2D eigenvalue weighted by Crippen LogP contribution is -2.29. The molecule has 0 atom stereocenters. The Labute approximate surface area is 207 Å². The molecular formula is C29H34N4O2. The first-order valence-electron chi connectivity index (χ1n) is 12.4. The van der Waals surface area contributed by atoms with Crippen molar-refractivity contribution in [3.63, 3.8) is 0 Å². The molecule has 6 heteroatoms. The van der Waals surface area contributed by atoms with Crippen LogP contribution in [0.5, 0.6) is 0 Å². The number of anilines is 3. The third kappa shape index (κ3) is 6.63. The van der Waals surface area contributed by atoms with Gasteiger partial charge in [-0.05, 0) is 66.6 Å². The summed E-state index contributed by atoms with van der Waals surface area (Å²) in [6.45, 7) is 6.69. The third-order valence-corrected chi connectivity index (χ3v) is 6.32. The molecule has 1 saturated heterocycles. The van der Waals surface area contributed by atoms with Gasteiger partial charge in [0.1, 0.15) is 0 Å². The zero-order chi connectivity index (χ0) is 24.6. The van der Waals surface area contributed by atoms with Crippen molar-refractivity contribution in [1.82, 2.24) is 5.32 Å². The average Bonchev–Trinajstić information content (AvgIpc) is 3.40. The summed E-state index contributed by atoms with van der Waals surface area (Å²) in [5.74, 6) is 0.306. The van der Waals surface area contributed by atoms with Gasteiger partial charge in [-0.1, -0.05) is 56.3 Å². The van der Waals surface area contributed by atoms with Crippen LogP contribution in [0.25, 0.3) is 0 Å². The van der Waals surface area contributed by atoms with Gasteiger partial charge in [-0.3, -0.25) is 4.79 Å². The van der Waals surface area contributed by atoms with Crippen molar-refractivity contribution in [3.05, 3.63) is 89.5 Å². The second-order valence-electron chi connectivity index (χ2n) is 9.27. The van der Waals surface area contributed by atoms with Crippen LogP contribution in [0.4, 0.5) is 21.9 Å². The molecule has 1 aliphatic rings. The molecule has 4 rings (SSSR count). The van der Waals surface area contributed by atoms with Gasteiger partial charge < -0.3 is 20.9 Å². The maximum absolute atomic E-state index is 13.2. The van der Waals surface area contributed by atoms with Gasteiger partial charge in [0.25, 0.3) is 5.91 Å². The van der Waals surface area contributed by atoms with E-state index in [1.165, 1.54) is 11.1 Å². The number of nitrogens with one attached hydrogen (secondary N) is 3. The molecule has 0 radical (unpaired) electrons. The third-order valence-electron chi connectivity index (χ3n) is 6.32. The summed E-state index contributed by atoms with van der Waals surface area (Å²) in [7, 11) is 0. The van der Waals surface area contributed by atoms with E-state index in [0.29, 0.717) is 23.7 Å². The van der Waals surface area contributed by atoms with Gasteiger partial charge >= 0.3 is 6.03 Å². The molecule has 0 aliphatic carbocycles. The molecule has 3 aromatic carbocycles. The molecule has 0 spiro atoms. The molecule has 0 aromatic heterocycles. The van der Waals surface area contributed by atoms with E-state index in [9.17, 15) is 9.59 Å². The normalized spacial score (nSPS) is 13.1. The fourth-order valence-corrected chi connectivity index (χ4v) is 4.33. The molecule has 3 N–H and O–H groups in total. The molecule has 182 valence electrons. The number of benzene rings is 3. The van der Waals surface area contributed by atoms with Crippen molar-refractivity contribution in [1.29, 1.82) is 0 Å². The highest BCUT2D eigenvalue weighted by atomic mass is 16.2. The SMILES string of the molecule is CC(C)c1ccc(NC(=O)Nc2ccc(N3CCCC3)c(C(=O)NCCc3ccccc3)c2)cc1. The van der Waals surface area contributed by atoms with Crippen molar-refractivity contribution in [2.45, 2.75) is 39.0 Å². The van der Waals surface area contributed by atoms with Gasteiger partial charge in [0, 0.05) is 36.7 Å². The molecule has 3 amide bonds. The van der Waals surface area contributed by atoms with Gasteiger partial charge in [0.05, 0.1) is 5.56 Å². The Balaban J connectivity index is 1.44. The summed E-state index contributed by atoms with van der Waals surface area (Å²) >= 11 is 0. The minimum atomic E-state index is -0.341. The maximum atomic E-state index is 13.2. The summed E-state index contributed by atoms with van der Waals surface area (Å²) in [6, 6.07) is 23.2. The Bertz CT molecular complexity index is 1140. The summed E-state index contributed by atoms with van der Waals surface area (Å²) in [6.07, 6.45) is 3.00. The maximum Gasteiger partial charge on any atom is 0.323 e. The fraction of sp³-hybridized carbons (Fsp3) is 0.310. The van der Waals surface area contributed by atoms with Gasteiger partial charge in [-0.15, -0.1) is 0 Å². The molecule has 3 aromatic rings. The number of amides is 3. The van der Waals surface area contributed by atoms with E-state index >= 15 is 0 Å². The lowest BCUT2D eigenvalue weighted by molar-refractivity contribution is 0.0954. The van der Waals surface area contributed by atoms with Crippen molar-refractivity contribution in [3.8, 4) is 0 Å². The molecule has 0 saturated carbocycles. The zero-order valence-corrected chi connectivity index (χ0v) is 20.5. The quantitative estimate of drug-likeness (QED) is 0.376. The number of carbonyl (C=O) groups is 2. The van der Waals surface area contributed by atoms with E-state index in [-0.39, 0.29) is 11.9 Å². The number of hydrogen-bond acceptors (Lipinski definition) is 3. The second kappa shape index (κ2) is 11.6. The predicted molar refractivity (Wildman–Crippen MR) is 144 cm³/mol. The minimum Gasteiger partial charge on any atom is -0.371 e. The number of rotatable bonds is 8. The number of urea groups is 1. The highest BCUT2D eigenvalue weighted by Crippen LogP contribution is 2.28. The molecule has 35 heavy (non-hydrogen) atoms. The van der Waals surface area contributed by atoms with Crippen LogP contribution in [0.2, 0.25) is 0 Å². The Morgan fingerprint density at radius 2 is 1.51 bits per heavy atom. The van der Waals surface area contributed by atoms with E-state index in [0.717, 1.165) is 43.7 Å². The Morgan fingerprint density at radius 1 is 0.857 bits per heavy atom. The van der Waals surface area contributed by atoms with E-state index in [2.05, 4.69) is 46.8 Å². The summed E-state index contributed by atoms with van der Waals surface area (Å²) in [5, 5.41) is 8.79. The number of nitrogens with zero attached hydrogens (tertiary/aromatic N) is 1. The van der Waals surface area contributed by atoms with E-state index in [1.807, 2.05) is 54.6 Å². The van der Waals surface area contributed by atoms with Crippen LogP contribution in [0, 0.1) is 0 Å². The smallest absolute Gasteiger partial charge is 0.323 e. The Hall–Kier alpha value is -3.80. The van der Waals surface area contributed by atoms with Crippen LogP contribution in [0.3, 0.4) is 0 Å². The molecule has 0 unspecified atom stereocenters. The van der Waals surface area contributed by atoms with Gasteiger partial charge in [0.2, 0.25) is 0 Å². The van der Waals surface area contributed by atoms with Gasteiger partial charge in [-0.25, -0.2) is 4.79 Å². The van der Waals surface area contributed by atoms with Crippen molar-refractivity contribution in [2.75, 3.05) is 35.2 Å². The highest BCUT2D eigenvalue weighted by Gasteiger charge is 2.20. The van der Waals surface area contributed by atoms with E-state index < -0.39 is 0 Å². The topological polar surface area (TPSA) is 73.5 Å². The first-order valence-corrected chi connectivity index (χ1v) is 12.4. The Morgan fingerprint density at radius 3 is 2.20 bits per heavy atom. The average molecular weight is 471 g/mol. The molecule has 6 nitrogen and oxygen atoms in total. The lowest BCUT2D eigenvalue weighted by atomic mass is 10.0. The van der Waals surface area contributed by atoms with Crippen LogP contribution in [-0.2, 0) is 6.42 Å². The lowest BCUT2D eigenvalue weighted by Gasteiger charge is -2.22. The van der Waals surface area contributed by atoms with Crippen LogP contribution >= 0.6 is 0 Å². The molecule has 1 heterocycles. The van der Waals surface area contributed by atoms with Gasteiger partial charge in [0.15, 0.2) is 0 Å². The largest absolute Gasteiger partial charge is 0.371 e. The van der Waals surface area contributed by atoms with Crippen molar-refractivity contribution < 1.29 is 9.59 Å².